The monoisotopic (exact) mass is 293 g/mol. The second kappa shape index (κ2) is 6.53. The second-order valence-electron chi connectivity index (χ2n) is 5.12. The first kappa shape index (κ1) is 15.2. The zero-order valence-electron chi connectivity index (χ0n) is 12.1. The SMILES string of the molecule is CNc1ccc(C(=O)NC2CCOC(C)C2)cc1[N+](=O)[O-]. The minimum atomic E-state index is -0.501. The summed E-state index contributed by atoms with van der Waals surface area (Å²) in [7, 11) is 1.60. The summed E-state index contributed by atoms with van der Waals surface area (Å²) >= 11 is 0. The van der Waals surface area contributed by atoms with E-state index in [1.165, 1.54) is 6.07 Å². The summed E-state index contributed by atoms with van der Waals surface area (Å²) in [5, 5.41) is 16.7. The number of amides is 1. The van der Waals surface area contributed by atoms with Crippen LogP contribution in [-0.2, 0) is 4.74 Å². The fourth-order valence-electron chi connectivity index (χ4n) is 2.43. The van der Waals surface area contributed by atoms with E-state index < -0.39 is 4.92 Å². The lowest BCUT2D eigenvalue weighted by atomic mass is 10.0. The van der Waals surface area contributed by atoms with Crippen LogP contribution in [0.25, 0.3) is 0 Å². The van der Waals surface area contributed by atoms with E-state index in [1.54, 1.807) is 19.2 Å². The van der Waals surface area contributed by atoms with Crippen molar-refractivity contribution < 1.29 is 14.5 Å². The van der Waals surface area contributed by atoms with E-state index in [-0.39, 0.29) is 23.7 Å². The molecule has 1 aliphatic rings. The summed E-state index contributed by atoms with van der Waals surface area (Å²) < 4.78 is 5.43. The molecule has 1 aromatic carbocycles. The number of nitrogens with one attached hydrogen (secondary N) is 2. The van der Waals surface area contributed by atoms with Crippen LogP contribution >= 0.6 is 0 Å². The number of anilines is 1. The number of hydrogen-bond acceptors (Lipinski definition) is 5. The molecule has 2 N–H and O–H groups in total. The van der Waals surface area contributed by atoms with Gasteiger partial charge in [0, 0.05) is 31.3 Å². The lowest BCUT2D eigenvalue weighted by molar-refractivity contribution is -0.384. The second-order valence-corrected chi connectivity index (χ2v) is 5.12. The molecule has 114 valence electrons. The molecule has 0 aliphatic carbocycles. The van der Waals surface area contributed by atoms with Crippen molar-refractivity contribution in [3.63, 3.8) is 0 Å². The number of carbonyl (C=O) groups is 1. The molecule has 21 heavy (non-hydrogen) atoms. The molecule has 1 amide bonds. The number of nitrogens with zero attached hydrogens (tertiary/aromatic N) is 1. The van der Waals surface area contributed by atoms with Crippen LogP contribution in [0.4, 0.5) is 11.4 Å². The Hall–Kier alpha value is -2.15. The third kappa shape index (κ3) is 3.69. The molecule has 0 radical (unpaired) electrons. The lowest BCUT2D eigenvalue weighted by Gasteiger charge is -2.27. The van der Waals surface area contributed by atoms with Crippen molar-refractivity contribution in [1.29, 1.82) is 0 Å². The standard InChI is InChI=1S/C14H19N3O4/c1-9-7-11(5-6-21-9)16-14(18)10-3-4-12(15-2)13(8-10)17(19)20/h3-4,8-9,11,15H,5-7H2,1-2H3,(H,16,18). The van der Waals surface area contributed by atoms with Crippen LogP contribution in [0.2, 0.25) is 0 Å². The summed E-state index contributed by atoms with van der Waals surface area (Å²) in [6.45, 7) is 2.58. The zero-order chi connectivity index (χ0) is 15.4. The topological polar surface area (TPSA) is 93.5 Å². The van der Waals surface area contributed by atoms with Crippen molar-refractivity contribution in [2.45, 2.75) is 31.9 Å². The van der Waals surface area contributed by atoms with Crippen LogP contribution in [0.1, 0.15) is 30.1 Å². The Kier molecular flexibility index (Phi) is 4.74. The Morgan fingerprint density at radius 3 is 2.86 bits per heavy atom. The van der Waals surface area contributed by atoms with Crippen molar-refractivity contribution >= 4 is 17.3 Å². The molecular weight excluding hydrogens is 274 g/mol. The average molecular weight is 293 g/mol. The average Bonchev–Trinajstić information content (AvgIpc) is 2.46. The Morgan fingerprint density at radius 1 is 1.48 bits per heavy atom. The first-order valence-electron chi connectivity index (χ1n) is 6.90. The Morgan fingerprint density at radius 2 is 2.24 bits per heavy atom. The molecule has 0 saturated carbocycles. The van der Waals surface area contributed by atoms with Crippen molar-refractivity contribution in [3.05, 3.63) is 33.9 Å². The van der Waals surface area contributed by atoms with Crippen LogP contribution in [0, 0.1) is 10.1 Å². The molecule has 1 aliphatic heterocycles. The molecule has 1 saturated heterocycles. The Labute approximate surface area is 122 Å². The smallest absolute Gasteiger partial charge is 0.293 e. The molecule has 0 spiro atoms. The highest BCUT2D eigenvalue weighted by atomic mass is 16.6. The molecule has 1 heterocycles. The molecule has 0 bridgehead atoms. The van der Waals surface area contributed by atoms with Crippen LogP contribution in [0.15, 0.2) is 18.2 Å². The molecule has 2 rings (SSSR count). The number of benzene rings is 1. The first-order chi connectivity index (χ1) is 10.0. The first-order valence-corrected chi connectivity index (χ1v) is 6.90. The van der Waals surface area contributed by atoms with Gasteiger partial charge in [-0.25, -0.2) is 0 Å². The highest BCUT2D eigenvalue weighted by Crippen LogP contribution is 2.25. The maximum atomic E-state index is 12.2. The van der Waals surface area contributed by atoms with E-state index in [4.69, 9.17) is 4.74 Å². The van der Waals surface area contributed by atoms with Crippen LogP contribution in [0.3, 0.4) is 0 Å². The number of carbonyl (C=O) groups excluding carboxylic acids is 1. The zero-order valence-corrected chi connectivity index (χ0v) is 12.1. The van der Waals surface area contributed by atoms with Crippen LogP contribution < -0.4 is 10.6 Å². The third-order valence-electron chi connectivity index (χ3n) is 3.55. The van der Waals surface area contributed by atoms with Gasteiger partial charge in [-0.15, -0.1) is 0 Å². The molecular formula is C14H19N3O4. The largest absolute Gasteiger partial charge is 0.383 e. The van der Waals surface area contributed by atoms with Crippen LogP contribution in [0.5, 0.6) is 0 Å². The van der Waals surface area contributed by atoms with Gasteiger partial charge < -0.3 is 15.4 Å². The predicted octanol–water partition coefficient (Wildman–Crippen LogP) is 1.93. The number of nitro groups is 1. The molecule has 0 aromatic heterocycles. The third-order valence-corrected chi connectivity index (χ3v) is 3.55. The fourth-order valence-corrected chi connectivity index (χ4v) is 2.43. The normalized spacial score (nSPS) is 21.6. The maximum Gasteiger partial charge on any atom is 0.293 e. The molecule has 7 nitrogen and oxygen atoms in total. The molecule has 7 heteroatoms. The Bertz CT molecular complexity index is 547. The van der Waals surface area contributed by atoms with Gasteiger partial charge in [-0.2, -0.15) is 0 Å². The summed E-state index contributed by atoms with van der Waals surface area (Å²) in [5.74, 6) is -0.292. The van der Waals surface area contributed by atoms with Crippen molar-refractivity contribution in [2.75, 3.05) is 19.0 Å². The number of nitro benzene ring substituents is 1. The van der Waals surface area contributed by atoms with E-state index >= 15 is 0 Å². The molecule has 1 aromatic rings. The number of ether oxygens (including phenoxy) is 1. The summed E-state index contributed by atoms with van der Waals surface area (Å²) in [6, 6.07) is 4.46. The minimum Gasteiger partial charge on any atom is -0.383 e. The van der Waals surface area contributed by atoms with Crippen molar-refractivity contribution in [3.8, 4) is 0 Å². The quantitative estimate of drug-likeness (QED) is 0.653. The number of hydrogen-bond donors (Lipinski definition) is 2. The van der Waals surface area contributed by atoms with Crippen molar-refractivity contribution in [2.24, 2.45) is 0 Å². The van der Waals surface area contributed by atoms with Gasteiger partial charge in [0.25, 0.3) is 11.6 Å². The molecule has 1 fully saturated rings. The van der Waals surface area contributed by atoms with E-state index in [9.17, 15) is 14.9 Å². The highest BCUT2D eigenvalue weighted by Gasteiger charge is 2.23. The molecule has 2 atom stereocenters. The van der Waals surface area contributed by atoms with Gasteiger partial charge in [-0.3, -0.25) is 14.9 Å². The Balaban J connectivity index is 2.12. The lowest BCUT2D eigenvalue weighted by Crippen LogP contribution is -2.41. The maximum absolute atomic E-state index is 12.2. The van der Waals surface area contributed by atoms with E-state index in [0.717, 1.165) is 12.8 Å². The molecule has 2 unspecified atom stereocenters. The van der Waals surface area contributed by atoms with Gasteiger partial charge in [-0.1, -0.05) is 0 Å². The van der Waals surface area contributed by atoms with E-state index in [2.05, 4.69) is 10.6 Å². The number of rotatable bonds is 4. The summed E-state index contributed by atoms with van der Waals surface area (Å²) in [4.78, 5) is 22.7. The van der Waals surface area contributed by atoms with Gasteiger partial charge >= 0.3 is 0 Å². The van der Waals surface area contributed by atoms with Crippen molar-refractivity contribution in [1.82, 2.24) is 5.32 Å². The van der Waals surface area contributed by atoms with E-state index in [1.807, 2.05) is 6.92 Å². The van der Waals surface area contributed by atoms with E-state index in [0.29, 0.717) is 17.9 Å². The van der Waals surface area contributed by atoms with Gasteiger partial charge in [0.15, 0.2) is 0 Å². The summed E-state index contributed by atoms with van der Waals surface area (Å²) in [5.41, 5.74) is 0.571. The highest BCUT2D eigenvalue weighted by molar-refractivity contribution is 5.95. The predicted molar refractivity (Wildman–Crippen MR) is 78.5 cm³/mol. The fraction of sp³-hybridized carbons (Fsp3) is 0.500. The van der Waals surface area contributed by atoms with Gasteiger partial charge in [0.1, 0.15) is 5.69 Å². The van der Waals surface area contributed by atoms with Gasteiger partial charge in [-0.05, 0) is 31.9 Å². The summed E-state index contributed by atoms with van der Waals surface area (Å²) in [6.07, 6.45) is 1.62. The van der Waals surface area contributed by atoms with Crippen LogP contribution in [-0.4, -0.2) is 36.6 Å². The van der Waals surface area contributed by atoms with Gasteiger partial charge in [0.05, 0.1) is 11.0 Å². The van der Waals surface area contributed by atoms with Gasteiger partial charge in [0.2, 0.25) is 0 Å². The minimum absolute atomic E-state index is 0.0456.